The van der Waals surface area contributed by atoms with Crippen LogP contribution in [0.4, 0.5) is 13.2 Å². The zero-order chi connectivity index (χ0) is 22.2. The molecule has 2 aliphatic rings. The minimum absolute atomic E-state index is 0.125. The van der Waals surface area contributed by atoms with Gasteiger partial charge in [0.2, 0.25) is 0 Å². The Labute approximate surface area is 188 Å². The van der Waals surface area contributed by atoms with Crippen molar-refractivity contribution in [3.8, 4) is 22.3 Å². The van der Waals surface area contributed by atoms with Crippen LogP contribution in [-0.4, -0.2) is 0 Å². The largest absolute Gasteiger partial charge is 0.206 e. The summed E-state index contributed by atoms with van der Waals surface area (Å²) in [5.74, 6) is -1.16. The molecule has 5 rings (SSSR count). The van der Waals surface area contributed by atoms with Gasteiger partial charge in [0.05, 0.1) is 0 Å². The molecule has 3 aromatic rings. The molecule has 0 amide bonds. The van der Waals surface area contributed by atoms with E-state index in [-0.39, 0.29) is 22.9 Å². The minimum Gasteiger partial charge on any atom is -0.206 e. The molecule has 0 heterocycles. The topological polar surface area (TPSA) is 0 Å². The van der Waals surface area contributed by atoms with E-state index in [1.54, 1.807) is 6.07 Å². The van der Waals surface area contributed by atoms with Crippen molar-refractivity contribution in [1.82, 2.24) is 0 Å². The summed E-state index contributed by atoms with van der Waals surface area (Å²) in [5, 5.41) is 0. The molecule has 0 N–H and O–H groups in total. The average molecular weight is 435 g/mol. The van der Waals surface area contributed by atoms with Crippen LogP contribution in [-0.2, 0) is 12.8 Å². The SMILES string of the molecule is CCCC1CCC(c2ccc3c(c2F)-c2c-3cc(CCc3ccccc3)c(F)c2F)CC1. The molecule has 1 saturated carbocycles. The molecule has 32 heavy (non-hydrogen) atoms. The fourth-order valence-corrected chi connectivity index (χ4v) is 5.73. The van der Waals surface area contributed by atoms with Gasteiger partial charge in [0, 0.05) is 11.1 Å². The van der Waals surface area contributed by atoms with E-state index in [2.05, 4.69) is 6.92 Å². The van der Waals surface area contributed by atoms with Crippen molar-refractivity contribution in [2.75, 3.05) is 0 Å². The molecule has 3 aromatic carbocycles. The molecular weight excluding hydrogens is 405 g/mol. The number of fused-ring (bicyclic) bond motifs is 4. The van der Waals surface area contributed by atoms with Crippen molar-refractivity contribution in [3.63, 3.8) is 0 Å². The highest BCUT2D eigenvalue weighted by atomic mass is 19.2. The van der Waals surface area contributed by atoms with Gasteiger partial charge in [-0.1, -0.05) is 62.2 Å². The maximum absolute atomic E-state index is 15.5. The molecule has 0 radical (unpaired) electrons. The summed E-state index contributed by atoms with van der Waals surface area (Å²) in [4.78, 5) is 0. The summed E-state index contributed by atoms with van der Waals surface area (Å²) >= 11 is 0. The Bertz CT molecular complexity index is 1130. The number of halogens is 3. The number of aryl methyl sites for hydroxylation is 2. The van der Waals surface area contributed by atoms with Gasteiger partial charge in [0.1, 0.15) is 5.82 Å². The first-order valence-corrected chi connectivity index (χ1v) is 12.0. The van der Waals surface area contributed by atoms with Gasteiger partial charge in [-0.15, -0.1) is 0 Å². The van der Waals surface area contributed by atoms with E-state index in [1.165, 1.54) is 12.8 Å². The molecule has 2 aliphatic carbocycles. The van der Waals surface area contributed by atoms with E-state index < -0.39 is 11.6 Å². The van der Waals surface area contributed by atoms with Crippen LogP contribution in [0.3, 0.4) is 0 Å². The summed E-state index contributed by atoms with van der Waals surface area (Å²) in [6, 6.07) is 15.3. The molecule has 0 spiro atoms. The van der Waals surface area contributed by atoms with E-state index in [0.717, 1.165) is 37.2 Å². The van der Waals surface area contributed by atoms with E-state index in [4.69, 9.17) is 0 Å². The monoisotopic (exact) mass is 434 g/mol. The third-order valence-electron chi connectivity index (χ3n) is 7.50. The molecule has 0 saturated heterocycles. The second-order valence-electron chi connectivity index (χ2n) is 9.47. The summed E-state index contributed by atoms with van der Waals surface area (Å²) in [5.41, 5.74) is 3.87. The lowest BCUT2D eigenvalue weighted by Crippen LogP contribution is -2.16. The Morgan fingerprint density at radius 2 is 1.47 bits per heavy atom. The van der Waals surface area contributed by atoms with Crippen LogP contribution < -0.4 is 0 Å². The maximum atomic E-state index is 15.5. The van der Waals surface area contributed by atoms with Gasteiger partial charge < -0.3 is 0 Å². The lowest BCUT2D eigenvalue weighted by Gasteiger charge is -2.32. The first-order valence-electron chi connectivity index (χ1n) is 12.0. The Balaban J connectivity index is 1.40. The highest BCUT2D eigenvalue weighted by Gasteiger charge is 2.35. The van der Waals surface area contributed by atoms with Crippen molar-refractivity contribution in [3.05, 3.63) is 82.7 Å². The van der Waals surface area contributed by atoms with Crippen LogP contribution in [0.2, 0.25) is 0 Å². The molecule has 0 bridgehead atoms. The first kappa shape index (κ1) is 21.3. The van der Waals surface area contributed by atoms with Crippen LogP contribution in [0.15, 0.2) is 48.5 Å². The van der Waals surface area contributed by atoms with Crippen molar-refractivity contribution >= 4 is 0 Å². The fraction of sp³-hybridized carbons (Fsp3) is 0.379. The highest BCUT2D eigenvalue weighted by Crippen LogP contribution is 2.53. The molecule has 0 nitrogen and oxygen atoms in total. The molecule has 1 fully saturated rings. The van der Waals surface area contributed by atoms with Crippen LogP contribution in [0.5, 0.6) is 0 Å². The average Bonchev–Trinajstić information content (AvgIpc) is 2.80. The smallest absolute Gasteiger partial charge is 0.167 e. The predicted molar refractivity (Wildman–Crippen MR) is 124 cm³/mol. The second kappa shape index (κ2) is 8.77. The normalized spacial score (nSPS) is 19.2. The number of rotatable bonds is 6. The van der Waals surface area contributed by atoms with Crippen LogP contribution >= 0.6 is 0 Å². The van der Waals surface area contributed by atoms with E-state index >= 15 is 8.78 Å². The Morgan fingerprint density at radius 3 is 2.19 bits per heavy atom. The molecule has 0 aromatic heterocycles. The fourth-order valence-electron chi connectivity index (χ4n) is 5.73. The Hall–Kier alpha value is -2.55. The molecular formula is C29H29F3. The number of hydrogen-bond acceptors (Lipinski definition) is 0. The summed E-state index contributed by atoms with van der Waals surface area (Å²) in [6.45, 7) is 2.21. The van der Waals surface area contributed by atoms with Gasteiger partial charge in [-0.05, 0) is 84.2 Å². The number of benzene rings is 3. The summed E-state index contributed by atoms with van der Waals surface area (Å²) < 4.78 is 45.4. The van der Waals surface area contributed by atoms with Crippen LogP contribution in [0.1, 0.15) is 68.1 Å². The summed E-state index contributed by atoms with van der Waals surface area (Å²) in [6.07, 6.45) is 7.68. The van der Waals surface area contributed by atoms with Gasteiger partial charge in [0.25, 0.3) is 0 Å². The molecule has 0 unspecified atom stereocenters. The molecule has 0 aliphatic heterocycles. The Morgan fingerprint density at radius 1 is 0.750 bits per heavy atom. The zero-order valence-corrected chi connectivity index (χ0v) is 18.6. The van der Waals surface area contributed by atoms with Gasteiger partial charge in [-0.2, -0.15) is 0 Å². The number of hydrogen-bond donors (Lipinski definition) is 0. The quantitative estimate of drug-likeness (QED) is 0.285. The standard InChI is InChI=1S/C29H29F3/c1-2-6-18-9-12-20(13-10-18)22-15-16-23-24-17-21(14-11-19-7-4-3-5-8-19)27(30)29(32)26(24)25(23)28(22)31/h3-5,7-8,15-18,20H,2,6,9-14H2,1H3. The molecule has 0 atom stereocenters. The third kappa shape index (κ3) is 3.66. The Kier molecular flexibility index (Phi) is 5.84. The molecule has 166 valence electrons. The van der Waals surface area contributed by atoms with Crippen molar-refractivity contribution in [2.24, 2.45) is 5.92 Å². The second-order valence-corrected chi connectivity index (χ2v) is 9.47. The zero-order valence-electron chi connectivity index (χ0n) is 18.6. The van der Waals surface area contributed by atoms with E-state index in [1.807, 2.05) is 42.5 Å². The van der Waals surface area contributed by atoms with Gasteiger partial charge in [-0.3, -0.25) is 0 Å². The van der Waals surface area contributed by atoms with Gasteiger partial charge in [-0.25, -0.2) is 13.2 Å². The van der Waals surface area contributed by atoms with Crippen molar-refractivity contribution < 1.29 is 13.2 Å². The van der Waals surface area contributed by atoms with E-state index in [9.17, 15) is 4.39 Å². The predicted octanol–water partition coefficient (Wildman–Crippen LogP) is 8.61. The van der Waals surface area contributed by atoms with Gasteiger partial charge >= 0.3 is 0 Å². The van der Waals surface area contributed by atoms with Gasteiger partial charge in [0.15, 0.2) is 11.6 Å². The third-order valence-corrected chi connectivity index (χ3v) is 7.50. The lowest BCUT2D eigenvalue weighted by atomic mass is 9.73. The summed E-state index contributed by atoms with van der Waals surface area (Å²) in [7, 11) is 0. The van der Waals surface area contributed by atoms with E-state index in [0.29, 0.717) is 35.1 Å². The highest BCUT2D eigenvalue weighted by molar-refractivity contribution is 6.03. The molecule has 3 heteroatoms. The maximum Gasteiger partial charge on any atom is 0.167 e. The van der Waals surface area contributed by atoms with Crippen molar-refractivity contribution in [1.29, 1.82) is 0 Å². The first-order chi connectivity index (χ1) is 15.6. The van der Waals surface area contributed by atoms with Crippen LogP contribution in [0.25, 0.3) is 22.3 Å². The minimum atomic E-state index is -0.902. The van der Waals surface area contributed by atoms with Crippen molar-refractivity contribution in [2.45, 2.75) is 64.2 Å². The van der Waals surface area contributed by atoms with Crippen LogP contribution in [0, 0.1) is 23.4 Å². The lowest BCUT2D eigenvalue weighted by molar-refractivity contribution is 0.304.